The lowest BCUT2D eigenvalue weighted by Crippen LogP contribution is -2.33. The van der Waals surface area contributed by atoms with E-state index in [0.29, 0.717) is 11.7 Å². The van der Waals surface area contributed by atoms with E-state index in [1.807, 2.05) is 13.8 Å². The molecular formula is C21H33N5O2S. The predicted molar refractivity (Wildman–Crippen MR) is 115 cm³/mol. The van der Waals surface area contributed by atoms with E-state index in [0.717, 1.165) is 38.4 Å². The van der Waals surface area contributed by atoms with Gasteiger partial charge in [0.2, 0.25) is 10.0 Å². The Morgan fingerprint density at radius 3 is 2.31 bits per heavy atom. The van der Waals surface area contributed by atoms with E-state index >= 15 is 0 Å². The van der Waals surface area contributed by atoms with E-state index in [1.165, 1.54) is 17.4 Å². The van der Waals surface area contributed by atoms with Gasteiger partial charge in [-0.1, -0.05) is 52.0 Å². The summed E-state index contributed by atoms with van der Waals surface area (Å²) < 4.78 is 28.5. The summed E-state index contributed by atoms with van der Waals surface area (Å²) in [4.78, 5) is 2.43. The fourth-order valence-corrected chi connectivity index (χ4v) is 4.60. The van der Waals surface area contributed by atoms with Gasteiger partial charge in [-0.15, -0.1) is 10.2 Å². The predicted octanol–water partition coefficient (Wildman–Crippen LogP) is 2.71. The van der Waals surface area contributed by atoms with Gasteiger partial charge in [0, 0.05) is 32.6 Å². The number of hydrogen-bond donors (Lipinski definition) is 1. The molecule has 1 aliphatic rings. The van der Waals surface area contributed by atoms with Crippen LogP contribution in [-0.4, -0.2) is 47.4 Å². The fourth-order valence-electron chi connectivity index (χ4n) is 3.76. The molecule has 8 heteroatoms. The van der Waals surface area contributed by atoms with Crippen molar-refractivity contribution in [3.8, 4) is 0 Å². The molecule has 0 spiro atoms. The molecule has 0 unspecified atom stereocenters. The van der Waals surface area contributed by atoms with E-state index in [-0.39, 0.29) is 12.0 Å². The van der Waals surface area contributed by atoms with Gasteiger partial charge in [-0.05, 0) is 23.0 Å². The minimum Gasteiger partial charge on any atom is -0.312 e. The van der Waals surface area contributed by atoms with Crippen LogP contribution in [0.15, 0.2) is 24.3 Å². The maximum Gasteiger partial charge on any atom is 0.209 e. The highest BCUT2D eigenvalue weighted by atomic mass is 32.2. The second-order valence-corrected chi connectivity index (χ2v) is 10.4. The average Bonchev–Trinajstić information content (AvgIpc) is 2.93. The van der Waals surface area contributed by atoms with E-state index in [1.54, 1.807) is 0 Å². The first kappa shape index (κ1) is 21.9. The first-order chi connectivity index (χ1) is 13.6. The molecule has 0 saturated heterocycles. The van der Waals surface area contributed by atoms with Gasteiger partial charge < -0.3 is 4.57 Å². The Labute approximate surface area is 174 Å². The minimum atomic E-state index is -3.33. The molecule has 7 nitrogen and oxygen atoms in total. The summed E-state index contributed by atoms with van der Waals surface area (Å²) in [5.74, 6) is 2.26. The van der Waals surface area contributed by atoms with Crippen LogP contribution in [0.4, 0.5) is 0 Å². The maximum atomic E-state index is 11.8. The Morgan fingerprint density at radius 2 is 1.72 bits per heavy atom. The van der Waals surface area contributed by atoms with Crippen LogP contribution in [0.2, 0.25) is 0 Å². The Hall–Kier alpha value is -1.77. The van der Waals surface area contributed by atoms with Crippen LogP contribution in [0.1, 0.15) is 62.4 Å². The normalized spacial score (nSPS) is 16.8. The lowest BCUT2D eigenvalue weighted by molar-refractivity contribution is 0.269. The van der Waals surface area contributed by atoms with E-state index < -0.39 is 10.0 Å². The smallest absolute Gasteiger partial charge is 0.209 e. The Kier molecular flexibility index (Phi) is 6.76. The molecule has 1 aromatic carbocycles. The standard InChI is InChI=1S/C21H33N5O2S/c1-15(2)18-8-6-17(7-9-18)14-25-11-10-19-22-23-21(26(19)13-12-25)20(16(3)4)24-29(5,27)28/h6-9,15-16,20,24H,10-14H2,1-5H3/t20-/m1/s1. The minimum absolute atomic E-state index is 0.0804. The quantitative estimate of drug-likeness (QED) is 0.746. The lowest BCUT2D eigenvalue weighted by atomic mass is 10.0. The van der Waals surface area contributed by atoms with Crippen LogP contribution >= 0.6 is 0 Å². The van der Waals surface area contributed by atoms with Crippen molar-refractivity contribution in [2.24, 2.45) is 5.92 Å². The summed E-state index contributed by atoms with van der Waals surface area (Å²) in [6.45, 7) is 11.9. The molecule has 1 aromatic heterocycles. The molecule has 2 aromatic rings. The number of rotatable bonds is 7. The molecule has 0 fully saturated rings. The Balaban J connectivity index is 1.72. The molecule has 0 amide bonds. The number of benzene rings is 1. The van der Waals surface area contributed by atoms with Gasteiger partial charge >= 0.3 is 0 Å². The molecule has 29 heavy (non-hydrogen) atoms. The molecule has 0 bridgehead atoms. The van der Waals surface area contributed by atoms with E-state index in [9.17, 15) is 8.42 Å². The summed E-state index contributed by atoms with van der Waals surface area (Å²) in [5, 5.41) is 8.72. The molecule has 160 valence electrons. The number of fused-ring (bicyclic) bond motifs is 1. The summed E-state index contributed by atoms with van der Waals surface area (Å²) in [7, 11) is -3.33. The van der Waals surface area contributed by atoms with Gasteiger partial charge in [-0.2, -0.15) is 0 Å². The monoisotopic (exact) mass is 419 g/mol. The number of nitrogens with one attached hydrogen (secondary N) is 1. The lowest BCUT2D eigenvalue weighted by Gasteiger charge is -2.22. The highest BCUT2D eigenvalue weighted by molar-refractivity contribution is 7.88. The Bertz CT molecular complexity index is 919. The van der Waals surface area contributed by atoms with Crippen LogP contribution in [-0.2, 0) is 29.5 Å². The molecule has 1 atom stereocenters. The van der Waals surface area contributed by atoms with Crippen molar-refractivity contribution in [3.63, 3.8) is 0 Å². The second kappa shape index (κ2) is 8.93. The third-order valence-corrected chi connectivity index (χ3v) is 6.17. The van der Waals surface area contributed by atoms with Crippen LogP contribution < -0.4 is 4.72 Å². The zero-order valence-corrected chi connectivity index (χ0v) is 18.9. The first-order valence-electron chi connectivity index (χ1n) is 10.3. The largest absolute Gasteiger partial charge is 0.312 e. The van der Waals surface area contributed by atoms with Gasteiger partial charge in [0.1, 0.15) is 5.82 Å². The fraction of sp³-hybridized carbons (Fsp3) is 0.619. The van der Waals surface area contributed by atoms with Gasteiger partial charge in [0.15, 0.2) is 5.82 Å². The van der Waals surface area contributed by atoms with Crippen molar-refractivity contribution in [2.75, 3.05) is 19.3 Å². The highest BCUT2D eigenvalue weighted by Crippen LogP contribution is 2.23. The molecule has 0 saturated carbocycles. The molecule has 2 heterocycles. The highest BCUT2D eigenvalue weighted by Gasteiger charge is 2.28. The molecule has 3 rings (SSSR count). The first-order valence-corrected chi connectivity index (χ1v) is 12.2. The number of nitrogens with zero attached hydrogens (tertiary/aromatic N) is 4. The van der Waals surface area contributed by atoms with Crippen molar-refractivity contribution in [1.29, 1.82) is 0 Å². The number of sulfonamides is 1. The van der Waals surface area contributed by atoms with Crippen LogP contribution in [0.3, 0.4) is 0 Å². The van der Waals surface area contributed by atoms with E-state index in [4.69, 9.17) is 0 Å². The van der Waals surface area contributed by atoms with Crippen LogP contribution in [0.25, 0.3) is 0 Å². The van der Waals surface area contributed by atoms with Crippen molar-refractivity contribution in [2.45, 2.75) is 59.2 Å². The summed E-state index contributed by atoms with van der Waals surface area (Å²) in [6.07, 6.45) is 2.00. The van der Waals surface area contributed by atoms with Gasteiger partial charge in [0.05, 0.1) is 12.3 Å². The SMILES string of the molecule is CC(C)c1ccc(CN2CCc3nnc([C@H](NS(C)(=O)=O)C(C)C)n3CC2)cc1. The van der Waals surface area contributed by atoms with Gasteiger partial charge in [0.25, 0.3) is 0 Å². The summed E-state index contributed by atoms with van der Waals surface area (Å²) >= 11 is 0. The molecule has 1 aliphatic heterocycles. The zero-order chi connectivity index (χ0) is 21.2. The number of aromatic nitrogens is 3. The second-order valence-electron chi connectivity index (χ2n) is 8.66. The third-order valence-electron chi connectivity index (χ3n) is 5.49. The summed E-state index contributed by atoms with van der Waals surface area (Å²) in [5.41, 5.74) is 2.67. The molecule has 0 aliphatic carbocycles. The summed E-state index contributed by atoms with van der Waals surface area (Å²) in [6, 6.07) is 8.50. The van der Waals surface area contributed by atoms with E-state index in [2.05, 4.69) is 62.5 Å². The van der Waals surface area contributed by atoms with Gasteiger partial charge in [-0.25, -0.2) is 13.1 Å². The van der Waals surface area contributed by atoms with Crippen molar-refractivity contribution in [1.82, 2.24) is 24.4 Å². The third kappa shape index (κ3) is 5.65. The molecule has 1 N–H and O–H groups in total. The van der Waals surface area contributed by atoms with Crippen molar-refractivity contribution < 1.29 is 8.42 Å². The average molecular weight is 420 g/mol. The molecular weight excluding hydrogens is 386 g/mol. The van der Waals surface area contributed by atoms with Crippen LogP contribution in [0, 0.1) is 5.92 Å². The maximum absolute atomic E-state index is 11.8. The molecule has 0 radical (unpaired) electrons. The topological polar surface area (TPSA) is 80.1 Å². The number of hydrogen-bond acceptors (Lipinski definition) is 5. The zero-order valence-electron chi connectivity index (χ0n) is 18.1. The van der Waals surface area contributed by atoms with Crippen molar-refractivity contribution in [3.05, 3.63) is 47.0 Å². The van der Waals surface area contributed by atoms with Crippen molar-refractivity contribution >= 4 is 10.0 Å². The van der Waals surface area contributed by atoms with Crippen LogP contribution in [0.5, 0.6) is 0 Å². The van der Waals surface area contributed by atoms with Gasteiger partial charge in [-0.3, -0.25) is 4.90 Å². The Morgan fingerprint density at radius 1 is 1.03 bits per heavy atom.